The second kappa shape index (κ2) is 8.30. The molecular formula is C18H21N3O2S3. The Hall–Kier alpha value is -1.74. The molecule has 0 aliphatic carbocycles. The second-order valence-corrected chi connectivity index (χ2v) is 9.20. The molecule has 3 aromatic rings. The zero-order chi connectivity index (χ0) is 18.6. The normalized spacial score (nSPS) is 11.8. The van der Waals surface area contributed by atoms with Gasteiger partial charge in [-0.25, -0.2) is 13.4 Å². The number of thiazole rings is 1. The summed E-state index contributed by atoms with van der Waals surface area (Å²) in [6, 6.07) is 8.95. The van der Waals surface area contributed by atoms with Crippen molar-refractivity contribution in [1.82, 2.24) is 9.29 Å². The van der Waals surface area contributed by atoms with Crippen molar-refractivity contribution in [3.63, 3.8) is 0 Å². The number of thiophene rings is 1. The maximum Gasteiger partial charge on any atom is 0.243 e. The predicted octanol–water partition coefficient (Wildman–Crippen LogP) is 4.51. The van der Waals surface area contributed by atoms with Crippen LogP contribution in [0.25, 0.3) is 10.6 Å². The fourth-order valence-electron chi connectivity index (χ4n) is 2.56. The third-order valence-corrected chi connectivity index (χ3v) is 7.68. The summed E-state index contributed by atoms with van der Waals surface area (Å²) in [5.41, 5.74) is 2.99. The third-order valence-electron chi connectivity index (χ3n) is 3.99. The Morgan fingerprint density at radius 3 is 2.42 bits per heavy atom. The van der Waals surface area contributed by atoms with Gasteiger partial charge in [0.15, 0.2) is 0 Å². The van der Waals surface area contributed by atoms with Gasteiger partial charge in [0.25, 0.3) is 0 Å². The summed E-state index contributed by atoms with van der Waals surface area (Å²) in [7, 11) is -3.41. The minimum Gasteiger partial charge on any atom is -0.379 e. The second-order valence-electron chi connectivity index (χ2n) is 5.62. The number of sulfonamides is 1. The predicted molar refractivity (Wildman–Crippen MR) is 109 cm³/mol. The molecule has 5 nitrogen and oxygen atoms in total. The maximum atomic E-state index is 12.5. The molecule has 1 aromatic carbocycles. The third kappa shape index (κ3) is 4.15. The van der Waals surface area contributed by atoms with E-state index >= 15 is 0 Å². The highest BCUT2D eigenvalue weighted by Crippen LogP contribution is 2.26. The van der Waals surface area contributed by atoms with Gasteiger partial charge in [-0.3, -0.25) is 0 Å². The van der Waals surface area contributed by atoms with Gasteiger partial charge in [0, 0.05) is 35.1 Å². The summed E-state index contributed by atoms with van der Waals surface area (Å²) in [4.78, 5) is 4.95. The van der Waals surface area contributed by atoms with Crippen LogP contribution in [-0.2, 0) is 16.6 Å². The number of anilines is 1. The molecular weight excluding hydrogens is 386 g/mol. The van der Waals surface area contributed by atoms with Crippen molar-refractivity contribution in [2.45, 2.75) is 25.3 Å². The Bertz CT molecular complexity index is 928. The number of nitrogens with zero attached hydrogens (tertiary/aromatic N) is 2. The monoisotopic (exact) mass is 407 g/mol. The van der Waals surface area contributed by atoms with E-state index in [0.717, 1.165) is 22.0 Å². The smallest absolute Gasteiger partial charge is 0.243 e. The van der Waals surface area contributed by atoms with Crippen molar-refractivity contribution >= 4 is 38.4 Å². The van der Waals surface area contributed by atoms with E-state index < -0.39 is 10.0 Å². The van der Waals surface area contributed by atoms with Gasteiger partial charge in [-0.05, 0) is 35.7 Å². The molecule has 2 heterocycles. The molecule has 0 atom stereocenters. The summed E-state index contributed by atoms with van der Waals surface area (Å²) in [5.74, 6) is 0. The summed E-state index contributed by atoms with van der Waals surface area (Å²) in [5, 5.41) is 10.5. The fraction of sp³-hybridized carbons (Fsp3) is 0.278. The molecule has 138 valence electrons. The van der Waals surface area contributed by atoms with E-state index in [2.05, 4.69) is 21.7 Å². The number of rotatable bonds is 8. The van der Waals surface area contributed by atoms with Crippen molar-refractivity contribution in [3.8, 4) is 10.6 Å². The van der Waals surface area contributed by atoms with Crippen LogP contribution in [-0.4, -0.2) is 30.8 Å². The van der Waals surface area contributed by atoms with Gasteiger partial charge in [-0.2, -0.15) is 15.6 Å². The van der Waals surface area contributed by atoms with Crippen LogP contribution in [0.4, 0.5) is 5.69 Å². The SMILES string of the molecule is CCN(CC)S(=O)(=O)c1ccc(NCc2csc(-c3ccsc3)n2)cc1. The quantitative estimate of drug-likeness (QED) is 0.597. The van der Waals surface area contributed by atoms with Crippen molar-refractivity contribution in [1.29, 1.82) is 0 Å². The zero-order valence-electron chi connectivity index (χ0n) is 14.7. The van der Waals surface area contributed by atoms with Gasteiger partial charge in [-0.15, -0.1) is 11.3 Å². The number of hydrogen-bond acceptors (Lipinski definition) is 6. The Morgan fingerprint density at radius 2 is 1.81 bits per heavy atom. The largest absolute Gasteiger partial charge is 0.379 e. The van der Waals surface area contributed by atoms with Gasteiger partial charge in [-0.1, -0.05) is 13.8 Å². The lowest BCUT2D eigenvalue weighted by Crippen LogP contribution is -2.30. The highest BCUT2D eigenvalue weighted by Gasteiger charge is 2.21. The number of hydrogen-bond donors (Lipinski definition) is 1. The molecule has 0 saturated heterocycles. The summed E-state index contributed by atoms with van der Waals surface area (Å²) < 4.78 is 26.5. The molecule has 0 spiro atoms. The van der Waals surface area contributed by atoms with E-state index in [4.69, 9.17) is 0 Å². The van der Waals surface area contributed by atoms with E-state index in [0.29, 0.717) is 24.5 Å². The molecule has 0 unspecified atom stereocenters. The minimum atomic E-state index is -3.41. The lowest BCUT2D eigenvalue weighted by Gasteiger charge is -2.18. The van der Waals surface area contributed by atoms with E-state index in [1.54, 1.807) is 46.9 Å². The molecule has 0 fully saturated rings. The van der Waals surface area contributed by atoms with Crippen molar-refractivity contribution in [2.24, 2.45) is 0 Å². The first-order chi connectivity index (χ1) is 12.5. The van der Waals surface area contributed by atoms with E-state index in [1.165, 1.54) is 4.31 Å². The average molecular weight is 408 g/mol. The van der Waals surface area contributed by atoms with Crippen molar-refractivity contribution < 1.29 is 8.42 Å². The van der Waals surface area contributed by atoms with E-state index in [1.807, 2.05) is 24.6 Å². The van der Waals surface area contributed by atoms with Gasteiger partial charge >= 0.3 is 0 Å². The van der Waals surface area contributed by atoms with Crippen molar-refractivity contribution in [2.75, 3.05) is 18.4 Å². The Kier molecular flexibility index (Phi) is 6.08. The summed E-state index contributed by atoms with van der Waals surface area (Å²) in [6.07, 6.45) is 0. The first kappa shape index (κ1) is 19.0. The van der Waals surface area contributed by atoms with Crippen LogP contribution in [0, 0.1) is 0 Å². The number of nitrogens with one attached hydrogen (secondary N) is 1. The average Bonchev–Trinajstić information content (AvgIpc) is 3.32. The van der Waals surface area contributed by atoms with Crippen LogP contribution in [0.1, 0.15) is 19.5 Å². The highest BCUT2D eigenvalue weighted by molar-refractivity contribution is 7.89. The van der Waals surface area contributed by atoms with Crippen LogP contribution >= 0.6 is 22.7 Å². The maximum absolute atomic E-state index is 12.5. The van der Waals surface area contributed by atoms with Crippen LogP contribution in [0.3, 0.4) is 0 Å². The zero-order valence-corrected chi connectivity index (χ0v) is 17.1. The topological polar surface area (TPSA) is 62.3 Å². The molecule has 3 rings (SSSR count). The Balaban J connectivity index is 1.65. The van der Waals surface area contributed by atoms with Crippen molar-refractivity contribution in [3.05, 3.63) is 52.2 Å². The highest BCUT2D eigenvalue weighted by atomic mass is 32.2. The summed E-state index contributed by atoms with van der Waals surface area (Å²) >= 11 is 3.29. The van der Waals surface area contributed by atoms with Crippen LogP contribution in [0.5, 0.6) is 0 Å². The Morgan fingerprint density at radius 1 is 1.08 bits per heavy atom. The molecule has 0 amide bonds. The molecule has 0 aliphatic rings. The van der Waals surface area contributed by atoms with Gasteiger partial charge in [0.2, 0.25) is 10.0 Å². The lowest BCUT2D eigenvalue weighted by atomic mass is 10.3. The molecule has 1 N–H and O–H groups in total. The molecule has 0 radical (unpaired) electrons. The lowest BCUT2D eigenvalue weighted by molar-refractivity contribution is 0.445. The molecule has 0 aliphatic heterocycles. The Labute approximate surface area is 162 Å². The first-order valence-corrected chi connectivity index (χ1v) is 11.6. The minimum absolute atomic E-state index is 0.320. The number of aromatic nitrogens is 1. The molecule has 8 heteroatoms. The van der Waals surface area contributed by atoms with Crippen LogP contribution in [0.15, 0.2) is 51.4 Å². The van der Waals surface area contributed by atoms with Crippen LogP contribution < -0.4 is 5.32 Å². The first-order valence-electron chi connectivity index (χ1n) is 8.35. The van der Waals surface area contributed by atoms with E-state index in [-0.39, 0.29) is 0 Å². The van der Waals surface area contributed by atoms with Gasteiger partial charge < -0.3 is 5.32 Å². The molecule has 26 heavy (non-hydrogen) atoms. The van der Waals surface area contributed by atoms with Gasteiger partial charge in [0.1, 0.15) is 5.01 Å². The number of benzene rings is 1. The van der Waals surface area contributed by atoms with Gasteiger partial charge in [0.05, 0.1) is 17.1 Å². The van der Waals surface area contributed by atoms with Crippen LogP contribution in [0.2, 0.25) is 0 Å². The fourth-order valence-corrected chi connectivity index (χ4v) is 5.55. The summed E-state index contributed by atoms with van der Waals surface area (Å²) in [6.45, 7) is 5.22. The molecule has 2 aromatic heterocycles. The molecule has 0 saturated carbocycles. The van der Waals surface area contributed by atoms with E-state index in [9.17, 15) is 8.42 Å². The standard InChI is InChI=1S/C18H21N3O2S3/c1-3-21(4-2)26(22,23)17-7-5-15(6-8-17)19-11-16-13-25-18(20-16)14-9-10-24-12-14/h5-10,12-13,19H,3-4,11H2,1-2H3. The molecule has 0 bridgehead atoms.